The molecule has 118 valence electrons. The third-order valence-corrected chi connectivity index (χ3v) is 5.39. The third kappa shape index (κ3) is 3.87. The second-order valence-corrected chi connectivity index (χ2v) is 7.24. The van der Waals surface area contributed by atoms with Crippen LogP contribution in [0.15, 0.2) is 23.1 Å². The molecule has 1 aliphatic carbocycles. The van der Waals surface area contributed by atoms with Gasteiger partial charge in [0.2, 0.25) is 10.0 Å². The number of anilines is 1. The van der Waals surface area contributed by atoms with E-state index in [4.69, 9.17) is 10.5 Å². The van der Waals surface area contributed by atoms with Crippen molar-refractivity contribution in [3.05, 3.63) is 18.2 Å². The van der Waals surface area contributed by atoms with Crippen LogP contribution in [0.1, 0.15) is 19.8 Å². The number of benzene rings is 1. The van der Waals surface area contributed by atoms with Gasteiger partial charge in [-0.25, -0.2) is 13.1 Å². The number of likely N-dealkylation sites (N-methyl/N-ethyl adjacent to an activating group) is 1. The van der Waals surface area contributed by atoms with E-state index in [-0.39, 0.29) is 16.6 Å². The van der Waals surface area contributed by atoms with Crippen LogP contribution < -0.4 is 15.2 Å². The van der Waals surface area contributed by atoms with E-state index in [1.54, 1.807) is 6.07 Å². The monoisotopic (exact) mass is 313 g/mol. The number of rotatable bonds is 7. The molecule has 0 aromatic heterocycles. The third-order valence-electron chi connectivity index (χ3n) is 3.89. The number of nitrogens with zero attached hydrogens (tertiary/aromatic N) is 1. The minimum atomic E-state index is -3.61. The van der Waals surface area contributed by atoms with Crippen molar-refractivity contribution in [2.75, 3.05) is 26.4 Å². The SMILES string of the molecule is COc1ccc(S(=O)(=O)NCC(C)N(C)C2CC2)c(N)c1. The summed E-state index contributed by atoms with van der Waals surface area (Å²) in [7, 11) is -0.0704. The van der Waals surface area contributed by atoms with E-state index in [1.807, 2.05) is 14.0 Å². The zero-order chi connectivity index (χ0) is 15.6. The Balaban J connectivity index is 2.04. The van der Waals surface area contributed by atoms with Crippen molar-refractivity contribution in [3.63, 3.8) is 0 Å². The summed E-state index contributed by atoms with van der Waals surface area (Å²) in [5, 5.41) is 0. The number of methoxy groups -OCH3 is 1. The molecule has 1 aromatic carbocycles. The average molecular weight is 313 g/mol. The molecule has 1 fully saturated rings. The van der Waals surface area contributed by atoms with E-state index in [0.717, 1.165) is 0 Å². The summed E-state index contributed by atoms with van der Waals surface area (Å²) in [5.74, 6) is 0.535. The van der Waals surface area contributed by atoms with Gasteiger partial charge in [-0.2, -0.15) is 0 Å². The molecule has 0 bridgehead atoms. The molecule has 1 aliphatic rings. The largest absolute Gasteiger partial charge is 0.497 e. The lowest BCUT2D eigenvalue weighted by Crippen LogP contribution is -2.41. The number of nitrogens with one attached hydrogen (secondary N) is 1. The van der Waals surface area contributed by atoms with Gasteiger partial charge in [-0.05, 0) is 38.9 Å². The highest BCUT2D eigenvalue weighted by molar-refractivity contribution is 7.89. The topological polar surface area (TPSA) is 84.7 Å². The van der Waals surface area contributed by atoms with E-state index in [1.165, 1.54) is 32.1 Å². The Kier molecular flexibility index (Phi) is 4.75. The summed E-state index contributed by atoms with van der Waals surface area (Å²) in [5.41, 5.74) is 5.98. The van der Waals surface area contributed by atoms with E-state index in [2.05, 4.69) is 9.62 Å². The first kappa shape index (κ1) is 16.1. The van der Waals surface area contributed by atoms with Gasteiger partial charge >= 0.3 is 0 Å². The predicted octanol–water partition coefficient (Wildman–Crippen LogP) is 1.04. The molecule has 1 aromatic rings. The summed E-state index contributed by atoms with van der Waals surface area (Å²) in [6, 6.07) is 5.30. The van der Waals surface area contributed by atoms with Crippen LogP contribution in [0.3, 0.4) is 0 Å². The number of nitrogen functional groups attached to an aromatic ring is 1. The lowest BCUT2D eigenvalue weighted by atomic mass is 10.3. The maximum atomic E-state index is 12.3. The molecule has 2 rings (SSSR count). The molecule has 7 heteroatoms. The highest BCUT2D eigenvalue weighted by Crippen LogP contribution is 2.27. The summed E-state index contributed by atoms with van der Waals surface area (Å²) in [6.45, 7) is 2.37. The molecular formula is C14H23N3O3S. The number of sulfonamides is 1. The first-order valence-electron chi connectivity index (χ1n) is 7.00. The highest BCUT2D eigenvalue weighted by atomic mass is 32.2. The highest BCUT2D eigenvalue weighted by Gasteiger charge is 2.29. The number of ether oxygens (including phenoxy) is 1. The molecule has 0 aliphatic heterocycles. The maximum Gasteiger partial charge on any atom is 0.242 e. The second kappa shape index (κ2) is 6.21. The number of nitrogens with two attached hydrogens (primary N) is 1. The fraction of sp³-hybridized carbons (Fsp3) is 0.571. The van der Waals surface area contributed by atoms with Gasteiger partial charge in [0.15, 0.2) is 0 Å². The lowest BCUT2D eigenvalue weighted by Gasteiger charge is -2.24. The molecule has 1 unspecified atom stereocenters. The van der Waals surface area contributed by atoms with Crippen molar-refractivity contribution in [1.82, 2.24) is 9.62 Å². The van der Waals surface area contributed by atoms with E-state index in [0.29, 0.717) is 18.3 Å². The van der Waals surface area contributed by atoms with Gasteiger partial charge in [0.05, 0.1) is 12.8 Å². The number of hydrogen-bond acceptors (Lipinski definition) is 5. The van der Waals surface area contributed by atoms with E-state index >= 15 is 0 Å². The van der Waals surface area contributed by atoms with Crippen molar-refractivity contribution in [2.45, 2.75) is 36.7 Å². The minimum absolute atomic E-state index is 0.0876. The van der Waals surface area contributed by atoms with Gasteiger partial charge in [0, 0.05) is 24.7 Å². The zero-order valence-electron chi connectivity index (χ0n) is 12.7. The van der Waals surface area contributed by atoms with Gasteiger partial charge in [-0.3, -0.25) is 4.90 Å². The zero-order valence-corrected chi connectivity index (χ0v) is 13.5. The quantitative estimate of drug-likeness (QED) is 0.735. The molecular weight excluding hydrogens is 290 g/mol. The smallest absolute Gasteiger partial charge is 0.242 e. The molecule has 0 spiro atoms. The normalized spacial score (nSPS) is 17.0. The molecule has 6 nitrogen and oxygen atoms in total. The fourth-order valence-electron chi connectivity index (χ4n) is 2.19. The summed E-state index contributed by atoms with van der Waals surface area (Å²) in [4.78, 5) is 2.30. The van der Waals surface area contributed by atoms with Crippen LogP contribution in [-0.4, -0.2) is 46.1 Å². The van der Waals surface area contributed by atoms with Crippen LogP contribution in [0, 0.1) is 0 Å². The minimum Gasteiger partial charge on any atom is -0.497 e. The second-order valence-electron chi connectivity index (χ2n) is 5.50. The molecule has 0 heterocycles. The van der Waals surface area contributed by atoms with Crippen LogP contribution in [-0.2, 0) is 10.0 Å². The Morgan fingerprint density at radius 3 is 2.67 bits per heavy atom. The molecule has 1 saturated carbocycles. The number of hydrogen-bond donors (Lipinski definition) is 2. The Labute approximate surface area is 126 Å². The molecule has 0 amide bonds. The van der Waals surface area contributed by atoms with Crippen molar-refractivity contribution in [1.29, 1.82) is 0 Å². The maximum absolute atomic E-state index is 12.3. The van der Waals surface area contributed by atoms with Crippen LogP contribution in [0.4, 0.5) is 5.69 Å². The standard InChI is InChI=1S/C14H23N3O3S/c1-10(17(2)11-4-5-11)9-16-21(18,19)14-7-6-12(20-3)8-13(14)15/h6-8,10-11,16H,4-5,9,15H2,1-3H3. The summed E-state index contributed by atoms with van der Waals surface area (Å²) < 4.78 is 32.3. The van der Waals surface area contributed by atoms with Gasteiger partial charge in [-0.1, -0.05) is 0 Å². The van der Waals surface area contributed by atoms with Gasteiger partial charge in [0.25, 0.3) is 0 Å². The predicted molar refractivity (Wildman–Crippen MR) is 82.8 cm³/mol. The Bertz CT molecular complexity index is 599. The van der Waals surface area contributed by atoms with Crippen molar-refractivity contribution in [2.24, 2.45) is 0 Å². The first-order chi connectivity index (χ1) is 9.85. The average Bonchev–Trinajstić information content (AvgIpc) is 3.28. The van der Waals surface area contributed by atoms with Gasteiger partial charge < -0.3 is 10.5 Å². The van der Waals surface area contributed by atoms with E-state index in [9.17, 15) is 8.42 Å². The van der Waals surface area contributed by atoms with Gasteiger partial charge in [0.1, 0.15) is 10.6 Å². The van der Waals surface area contributed by atoms with Crippen LogP contribution in [0.2, 0.25) is 0 Å². The Hall–Kier alpha value is -1.31. The van der Waals surface area contributed by atoms with Crippen molar-refractivity contribution >= 4 is 15.7 Å². The van der Waals surface area contributed by atoms with Crippen molar-refractivity contribution < 1.29 is 13.2 Å². The fourth-order valence-corrected chi connectivity index (χ4v) is 3.42. The lowest BCUT2D eigenvalue weighted by molar-refractivity contribution is 0.248. The summed E-state index contributed by atoms with van der Waals surface area (Å²) >= 11 is 0. The Morgan fingerprint density at radius 2 is 2.14 bits per heavy atom. The van der Waals surface area contributed by atoms with Crippen LogP contribution in [0.5, 0.6) is 5.75 Å². The first-order valence-corrected chi connectivity index (χ1v) is 8.48. The molecule has 21 heavy (non-hydrogen) atoms. The van der Waals surface area contributed by atoms with Crippen LogP contribution in [0.25, 0.3) is 0 Å². The molecule has 3 N–H and O–H groups in total. The van der Waals surface area contributed by atoms with Crippen LogP contribution >= 0.6 is 0 Å². The van der Waals surface area contributed by atoms with Crippen molar-refractivity contribution in [3.8, 4) is 5.75 Å². The summed E-state index contributed by atoms with van der Waals surface area (Å²) in [6.07, 6.45) is 2.39. The van der Waals surface area contributed by atoms with Gasteiger partial charge in [-0.15, -0.1) is 0 Å². The molecule has 0 radical (unpaired) electrons. The molecule has 0 saturated heterocycles. The Morgan fingerprint density at radius 1 is 1.48 bits per heavy atom. The van der Waals surface area contributed by atoms with E-state index < -0.39 is 10.0 Å². The molecule has 1 atom stereocenters.